The molecule has 1 aliphatic rings. The molecule has 17 heavy (non-hydrogen) atoms. The molecule has 98 valence electrons. The lowest BCUT2D eigenvalue weighted by Gasteiger charge is -2.14. The van der Waals surface area contributed by atoms with Crippen molar-refractivity contribution in [2.75, 3.05) is 6.54 Å². The second-order valence-corrected chi connectivity index (χ2v) is 4.90. The molecular weight excluding hydrogens is 212 g/mol. The zero-order valence-corrected chi connectivity index (χ0v) is 11.0. The van der Waals surface area contributed by atoms with E-state index < -0.39 is 0 Å². The smallest absolute Gasteiger partial charge is 0.236 e. The third-order valence-corrected chi connectivity index (χ3v) is 3.34. The first-order chi connectivity index (χ1) is 8.24. The second-order valence-electron chi connectivity index (χ2n) is 4.90. The molecule has 0 bridgehead atoms. The number of allylic oxidation sites excluding steroid dienone is 1. The summed E-state index contributed by atoms with van der Waals surface area (Å²) >= 11 is 0. The standard InChI is InChI=1S/C14H26N2O/c1-2-3-9-13(15)14(17)16-11-10-12-7-5-4-6-8-12/h7,13H,2-6,8-11,15H2,1H3,(H,16,17)/t13-/m0/s1. The average molecular weight is 238 g/mol. The van der Waals surface area contributed by atoms with Gasteiger partial charge in [-0.2, -0.15) is 0 Å². The van der Waals surface area contributed by atoms with Gasteiger partial charge in [-0.3, -0.25) is 4.79 Å². The summed E-state index contributed by atoms with van der Waals surface area (Å²) in [6.45, 7) is 2.85. The number of unbranched alkanes of at least 4 members (excludes halogenated alkanes) is 1. The van der Waals surface area contributed by atoms with Gasteiger partial charge in [0.1, 0.15) is 0 Å². The van der Waals surface area contributed by atoms with Gasteiger partial charge in [-0.1, -0.05) is 31.4 Å². The molecule has 0 aliphatic heterocycles. The summed E-state index contributed by atoms with van der Waals surface area (Å²) in [6.07, 6.45) is 11.3. The lowest BCUT2D eigenvalue weighted by atomic mass is 9.97. The number of nitrogens with one attached hydrogen (secondary N) is 1. The van der Waals surface area contributed by atoms with Gasteiger partial charge < -0.3 is 11.1 Å². The molecule has 0 spiro atoms. The molecule has 1 atom stereocenters. The number of amides is 1. The molecule has 3 nitrogen and oxygen atoms in total. The van der Waals surface area contributed by atoms with Crippen LogP contribution in [0.4, 0.5) is 0 Å². The number of nitrogens with two attached hydrogens (primary N) is 1. The molecule has 3 heteroatoms. The zero-order chi connectivity index (χ0) is 12.5. The van der Waals surface area contributed by atoms with E-state index in [1.54, 1.807) is 0 Å². The fraction of sp³-hybridized carbons (Fsp3) is 0.786. The first kappa shape index (κ1) is 14.2. The van der Waals surface area contributed by atoms with Crippen LogP contribution in [0, 0.1) is 0 Å². The summed E-state index contributed by atoms with van der Waals surface area (Å²) in [5, 5.41) is 2.93. The van der Waals surface area contributed by atoms with Crippen molar-refractivity contribution in [1.82, 2.24) is 5.32 Å². The van der Waals surface area contributed by atoms with E-state index in [1.165, 1.54) is 31.3 Å². The lowest BCUT2D eigenvalue weighted by molar-refractivity contribution is -0.122. The van der Waals surface area contributed by atoms with Gasteiger partial charge in [0.15, 0.2) is 0 Å². The van der Waals surface area contributed by atoms with Crippen molar-refractivity contribution < 1.29 is 4.79 Å². The van der Waals surface area contributed by atoms with Gasteiger partial charge in [0.25, 0.3) is 0 Å². The lowest BCUT2D eigenvalue weighted by Crippen LogP contribution is -2.40. The van der Waals surface area contributed by atoms with E-state index in [-0.39, 0.29) is 11.9 Å². The Balaban J connectivity index is 2.12. The quantitative estimate of drug-likeness (QED) is 0.670. The molecule has 0 heterocycles. The van der Waals surface area contributed by atoms with Crippen molar-refractivity contribution in [3.05, 3.63) is 11.6 Å². The maximum absolute atomic E-state index is 11.6. The highest BCUT2D eigenvalue weighted by Crippen LogP contribution is 2.19. The molecule has 0 unspecified atom stereocenters. The Bertz CT molecular complexity index is 261. The third kappa shape index (κ3) is 5.87. The summed E-state index contributed by atoms with van der Waals surface area (Å²) in [7, 11) is 0. The Hall–Kier alpha value is -0.830. The van der Waals surface area contributed by atoms with Crippen molar-refractivity contribution in [2.24, 2.45) is 5.73 Å². The number of carbonyl (C=O) groups excluding carboxylic acids is 1. The monoisotopic (exact) mass is 238 g/mol. The van der Waals surface area contributed by atoms with Gasteiger partial charge in [-0.15, -0.1) is 0 Å². The molecule has 0 aromatic carbocycles. The molecule has 1 rings (SSSR count). The van der Waals surface area contributed by atoms with Crippen LogP contribution in [0.25, 0.3) is 0 Å². The minimum atomic E-state index is -0.324. The highest BCUT2D eigenvalue weighted by Gasteiger charge is 2.12. The van der Waals surface area contributed by atoms with Gasteiger partial charge in [-0.05, 0) is 38.5 Å². The molecule has 0 aromatic rings. The Morgan fingerprint density at radius 3 is 3.00 bits per heavy atom. The van der Waals surface area contributed by atoms with Gasteiger partial charge in [-0.25, -0.2) is 0 Å². The number of hydrogen-bond acceptors (Lipinski definition) is 2. The van der Waals surface area contributed by atoms with Crippen LogP contribution >= 0.6 is 0 Å². The SMILES string of the molecule is CCCC[C@H](N)C(=O)NCCC1=CCCCC1. The van der Waals surface area contributed by atoms with Crippen molar-refractivity contribution in [2.45, 2.75) is 64.3 Å². The van der Waals surface area contributed by atoms with E-state index >= 15 is 0 Å². The Labute approximate surface area is 105 Å². The van der Waals surface area contributed by atoms with E-state index in [0.717, 1.165) is 32.2 Å². The van der Waals surface area contributed by atoms with Crippen molar-refractivity contribution in [1.29, 1.82) is 0 Å². The summed E-state index contributed by atoms with van der Waals surface area (Å²) in [4.78, 5) is 11.6. The van der Waals surface area contributed by atoms with Crippen LogP contribution in [0.15, 0.2) is 11.6 Å². The van der Waals surface area contributed by atoms with Crippen molar-refractivity contribution >= 4 is 5.91 Å². The molecule has 1 aliphatic carbocycles. The molecule has 3 N–H and O–H groups in total. The molecule has 0 radical (unpaired) electrons. The fourth-order valence-corrected chi connectivity index (χ4v) is 2.16. The minimum Gasteiger partial charge on any atom is -0.354 e. The predicted molar refractivity (Wildman–Crippen MR) is 71.7 cm³/mol. The number of hydrogen-bond donors (Lipinski definition) is 2. The minimum absolute atomic E-state index is 0.00913. The molecular formula is C14H26N2O. The average Bonchev–Trinajstić information content (AvgIpc) is 2.37. The molecule has 0 fully saturated rings. The van der Waals surface area contributed by atoms with E-state index in [2.05, 4.69) is 18.3 Å². The molecule has 0 saturated carbocycles. The molecule has 1 amide bonds. The maximum Gasteiger partial charge on any atom is 0.236 e. The van der Waals surface area contributed by atoms with E-state index in [0.29, 0.717) is 0 Å². The number of rotatable bonds is 7. The van der Waals surface area contributed by atoms with Gasteiger partial charge in [0.2, 0.25) is 5.91 Å². The highest BCUT2D eigenvalue weighted by molar-refractivity contribution is 5.81. The van der Waals surface area contributed by atoms with Crippen molar-refractivity contribution in [3.8, 4) is 0 Å². The first-order valence-electron chi connectivity index (χ1n) is 6.95. The maximum atomic E-state index is 11.6. The normalized spacial score (nSPS) is 17.4. The van der Waals surface area contributed by atoms with Crippen LogP contribution in [0.3, 0.4) is 0 Å². The van der Waals surface area contributed by atoms with Crippen LogP contribution in [0.1, 0.15) is 58.3 Å². The van der Waals surface area contributed by atoms with Crippen LogP contribution in [0.2, 0.25) is 0 Å². The Kier molecular flexibility index (Phi) is 6.94. The zero-order valence-electron chi connectivity index (χ0n) is 11.0. The van der Waals surface area contributed by atoms with E-state index in [9.17, 15) is 4.79 Å². The number of carbonyl (C=O) groups is 1. The summed E-state index contributed by atoms with van der Waals surface area (Å²) < 4.78 is 0. The molecule has 0 aromatic heterocycles. The topological polar surface area (TPSA) is 55.1 Å². The largest absolute Gasteiger partial charge is 0.354 e. The Morgan fingerprint density at radius 2 is 2.35 bits per heavy atom. The third-order valence-electron chi connectivity index (χ3n) is 3.34. The molecule has 0 saturated heterocycles. The van der Waals surface area contributed by atoms with Crippen LogP contribution in [-0.4, -0.2) is 18.5 Å². The van der Waals surface area contributed by atoms with Gasteiger partial charge >= 0.3 is 0 Å². The summed E-state index contributed by atoms with van der Waals surface area (Å²) in [5.41, 5.74) is 7.29. The first-order valence-corrected chi connectivity index (χ1v) is 6.95. The fourth-order valence-electron chi connectivity index (χ4n) is 2.16. The summed E-state index contributed by atoms with van der Waals surface area (Å²) in [6, 6.07) is -0.324. The second kappa shape index (κ2) is 8.29. The van der Waals surface area contributed by atoms with Crippen LogP contribution in [0.5, 0.6) is 0 Å². The van der Waals surface area contributed by atoms with E-state index in [4.69, 9.17) is 5.73 Å². The van der Waals surface area contributed by atoms with Crippen molar-refractivity contribution in [3.63, 3.8) is 0 Å². The highest BCUT2D eigenvalue weighted by atomic mass is 16.2. The van der Waals surface area contributed by atoms with Gasteiger partial charge in [0, 0.05) is 6.54 Å². The van der Waals surface area contributed by atoms with Crippen LogP contribution < -0.4 is 11.1 Å². The predicted octanol–water partition coefficient (Wildman–Crippen LogP) is 2.51. The Morgan fingerprint density at radius 1 is 1.53 bits per heavy atom. The summed E-state index contributed by atoms with van der Waals surface area (Å²) in [5.74, 6) is 0.00913. The van der Waals surface area contributed by atoms with E-state index in [1.807, 2.05) is 0 Å². The van der Waals surface area contributed by atoms with Gasteiger partial charge in [0.05, 0.1) is 6.04 Å². The van der Waals surface area contributed by atoms with Crippen LogP contribution in [-0.2, 0) is 4.79 Å².